The number of hydrogen-bond acceptors (Lipinski definition) is 5. The largest absolute Gasteiger partial charge is 0.484 e. The van der Waals surface area contributed by atoms with Crippen LogP contribution in [0.5, 0.6) is 17.2 Å². The fourth-order valence-electron chi connectivity index (χ4n) is 3.41. The number of aromatic carboxylic acids is 1. The van der Waals surface area contributed by atoms with Gasteiger partial charge in [-0.25, -0.2) is 9.18 Å². The maximum atomic E-state index is 14.5. The lowest BCUT2D eigenvalue weighted by Crippen LogP contribution is -2.42. The van der Waals surface area contributed by atoms with Crippen molar-refractivity contribution in [3.05, 3.63) is 52.8 Å². The molecular weight excluding hydrogens is 381 g/mol. The Morgan fingerprint density at radius 3 is 2.62 bits per heavy atom. The predicted molar refractivity (Wildman–Crippen MR) is 100 cm³/mol. The summed E-state index contributed by atoms with van der Waals surface area (Å²) in [6.45, 7) is 2.68. The van der Waals surface area contributed by atoms with Gasteiger partial charge in [0, 0.05) is 31.1 Å². The summed E-state index contributed by atoms with van der Waals surface area (Å²) in [4.78, 5) is 25.2. The lowest BCUT2D eigenvalue weighted by molar-refractivity contribution is 0.0444. The van der Waals surface area contributed by atoms with E-state index >= 15 is 0 Å². The minimum atomic E-state index is -1.17. The molecule has 152 valence electrons. The first-order valence-electron chi connectivity index (χ1n) is 9.26. The first-order valence-corrected chi connectivity index (χ1v) is 9.26. The van der Waals surface area contributed by atoms with Crippen molar-refractivity contribution in [1.29, 1.82) is 0 Å². The molecule has 2 N–H and O–H groups in total. The van der Waals surface area contributed by atoms with Crippen LogP contribution >= 0.6 is 0 Å². The summed E-state index contributed by atoms with van der Waals surface area (Å²) in [5.74, 6) is -1.59. The van der Waals surface area contributed by atoms with Crippen LogP contribution in [0.2, 0.25) is 0 Å². The number of carboxylic acids is 1. The van der Waals surface area contributed by atoms with Crippen LogP contribution in [0.1, 0.15) is 39.6 Å². The van der Waals surface area contributed by atoms with Crippen molar-refractivity contribution in [2.75, 3.05) is 19.7 Å². The molecule has 29 heavy (non-hydrogen) atoms. The first-order chi connectivity index (χ1) is 13.8. The van der Waals surface area contributed by atoms with Gasteiger partial charge in [-0.05, 0) is 37.6 Å². The number of fused-ring (bicyclic) bond motifs is 1. The van der Waals surface area contributed by atoms with Crippen LogP contribution in [0.25, 0.3) is 0 Å². The van der Waals surface area contributed by atoms with Crippen LogP contribution in [-0.4, -0.2) is 52.3 Å². The Labute approximate surface area is 166 Å². The van der Waals surface area contributed by atoms with Gasteiger partial charge >= 0.3 is 5.97 Å². The summed E-state index contributed by atoms with van der Waals surface area (Å²) >= 11 is 0. The predicted octanol–water partition coefficient (Wildman–Crippen LogP) is 2.85. The minimum Gasteiger partial charge on any atom is -0.484 e. The number of rotatable bonds is 5. The quantitative estimate of drug-likeness (QED) is 0.800. The molecule has 8 heteroatoms. The number of carboxylic acid groups (broad SMARTS) is 1. The molecule has 1 atom stereocenters. The van der Waals surface area contributed by atoms with Crippen LogP contribution in [0, 0.1) is 5.82 Å². The number of hydrogen-bond donors (Lipinski definition) is 2. The van der Waals surface area contributed by atoms with Gasteiger partial charge < -0.3 is 24.6 Å². The Morgan fingerprint density at radius 1 is 1.28 bits per heavy atom. The SMILES string of the molecule is CC1(CO)Cc2c(Oc3ccc(C(=O)N4CCC4)c(F)c3)cc(C(=O)O)cc2O1. The number of ether oxygens (including phenoxy) is 2. The molecule has 2 aliphatic rings. The van der Waals surface area contributed by atoms with Crippen molar-refractivity contribution in [1.82, 2.24) is 4.90 Å². The molecule has 7 nitrogen and oxygen atoms in total. The highest BCUT2D eigenvalue weighted by molar-refractivity contribution is 5.95. The lowest BCUT2D eigenvalue weighted by Gasteiger charge is -2.31. The van der Waals surface area contributed by atoms with Gasteiger partial charge in [0.15, 0.2) is 0 Å². The summed E-state index contributed by atoms with van der Waals surface area (Å²) in [6.07, 6.45) is 1.22. The fourth-order valence-corrected chi connectivity index (χ4v) is 3.41. The number of nitrogens with zero attached hydrogens (tertiary/aromatic N) is 1. The van der Waals surface area contributed by atoms with E-state index in [1.54, 1.807) is 11.8 Å². The van der Waals surface area contributed by atoms with Crippen molar-refractivity contribution >= 4 is 11.9 Å². The number of aliphatic hydroxyl groups is 1. The van der Waals surface area contributed by atoms with Crippen molar-refractivity contribution in [2.24, 2.45) is 0 Å². The number of aliphatic hydroxyl groups excluding tert-OH is 1. The molecule has 2 aromatic carbocycles. The van der Waals surface area contributed by atoms with Gasteiger partial charge in [-0.15, -0.1) is 0 Å². The molecule has 0 bridgehead atoms. The number of amides is 1. The third-order valence-corrected chi connectivity index (χ3v) is 5.20. The van der Waals surface area contributed by atoms with Crippen LogP contribution < -0.4 is 9.47 Å². The zero-order chi connectivity index (χ0) is 20.8. The number of carbonyl (C=O) groups is 2. The summed E-state index contributed by atoms with van der Waals surface area (Å²) in [7, 11) is 0. The highest BCUT2D eigenvalue weighted by Gasteiger charge is 2.37. The normalized spacial score (nSPS) is 19.9. The minimum absolute atomic E-state index is 0.0299. The maximum absolute atomic E-state index is 14.5. The second kappa shape index (κ2) is 7.04. The van der Waals surface area contributed by atoms with E-state index in [2.05, 4.69) is 0 Å². The number of likely N-dealkylation sites (tertiary alicyclic amines) is 1. The molecule has 0 aliphatic carbocycles. The zero-order valence-corrected chi connectivity index (χ0v) is 15.8. The Morgan fingerprint density at radius 2 is 2.03 bits per heavy atom. The molecule has 0 saturated carbocycles. The monoisotopic (exact) mass is 401 g/mol. The summed E-state index contributed by atoms with van der Waals surface area (Å²) in [5, 5.41) is 18.9. The first kappa shape index (κ1) is 19.2. The standard InChI is InChI=1S/C21H20FNO6/c1-21(11-24)10-15-17(7-12(20(26)27)8-18(15)29-21)28-13-3-4-14(16(22)9-13)19(25)23-5-2-6-23/h3-4,7-9,24H,2,5-6,10-11H2,1H3,(H,26,27). The highest BCUT2D eigenvalue weighted by atomic mass is 19.1. The second-order valence-corrected chi connectivity index (χ2v) is 7.53. The molecule has 1 unspecified atom stereocenters. The van der Waals surface area contributed by atoms with Crippen LogP contribution in [0.4, 0.5) is 4.39 Å². The zero-order valence-electron chi connectivity index (χ0n) is 15.8. The van der Waals surface area contributed by atoms with Crippen LogP contribution in [-0.2, 0) is 6.42 Å². The Kier molecular flexibility index (Phi) is 4.66. The number of benzene rings is 2. The summed E-state index contributed by atoms with van der Waals surface area (Å²) in [5.41, 5.74) is -0.382. The van der Waals surface area contributed by atoms with Crippen molar-refractivity contribution in [3.63, 3.8) is 0 Å². The lowest BCUT2D eigenvalue weighted by atomic mass is 9.98. The van der Waals surface area contributed by atoms with E-state index in [9.17, 15) is 24.2 Å². The third-order valence-electron chi connectivity index (χ3n) is 5.20. The molecule has 2 heterocycles. The van der Waals surface area contributed by atoms with Crippen molar-refractivity contribution < 1.29 is 33.7 Å². The molecule has 1 fully saturated rings. The van der Waals surface area contributed by atoms with Gasteiger partial charge in [0.05, 0.1) is 17.7 Å². The van der Waals surface area contributed by atoms with Gasteiger partial charge in [0.1, 0.15) is 28.7 Å². The second-order valence-electron chi connectivity index (χ2n) is 7.53. The molecule has 4 rings (SSSR count). The summed E-state index contributed by atoms with van der Waals surface area (Å²) < 4.78 is 26.0. The molecular formula is C21H20FNO6. The molecule has 0 spiro atoms. The van der Waals surface area contributed by atoms with Gasteiger partial charge in [-0.3, -0.25) is 4.79 Å². The average Bonchev–Trinajstić information content (AvgIpc) is 2.97. The highest BCUT2D eigenvalue weighted by Crippen LogP contribution is 2.43. The van der Waals surface area contributed by atoms with Gasteiger partial charge in [-0.1, -0.05) is 0 Å². The molecule has 2 aromatic rings. The van der Waals surface area contributed by atoms with E-state index in [0.717, 1.165) is 12.5 Å². The molecule has 0 aromatic heterocycles. The molecule has 2 aliphatic heterocycles. The topological polar surface area (TPSA) is 96.3 Å². The van der Waals surface area contributed by atoms with Crippen LogP contribution in [0.3, 0.4) is 0 Å². The molecule has 1 amide bonds. The smallest absolute Gasteiger partial charge is 0.335 e. The van der Waals surface area contributed by atoms with E-state index in [0.29, 0.717) is 30.8 Å². The summed E-state index contributed by atoms with van der Waals surface area (Å²) in [6, 6.07) is 6.65. The molecule has 1 saturated heterocycles. The van der Waals surface area contributed by atoms with Gasteiger partial charge in [0.25, 0.3) is 5.91 Å². The van der Waals surface area contributed by atoms with E-state index < -0.39 is 17.4 Å². The van der Waals surface area contributed by atoms with Gasteiger partial charge in [0.2, 0.25) is 0 Å². The fraction of sp³-hybridized carbons (Fsp3) is 0.333. The Bertz CT molecular complexity index is 1000. The maximum Gasteiger partial charge on any atom is 0.335 e. The number of halogens is 1. The van der Waals surface area contributed by atoms with E-state index in [-0.39, 0.29) is 35.1 Å². The average molecular weight is 401 g/mol. The van der Waals surface area contributed by atoms with E-state index in [4.69, 9.17) is 9.47 Å². The van der Waals surface area contributed by atoms with Crippen LogP contribution in [0.15, 0.2) is 30.3 Å². The third kappa shape index (κ3) is 3.51. The van der Waals surface area contributed by atoms with E-state index in [1.165, 1.54) is 24.3 Å². The van der Waals surface area contributed by atoms with E-state index in [1.807, 2.05) is 0 Å². The van der Waals surface area contributed by atoms with Crippen molar-refractivity contribution in [3.8, 4) is 17.2 Å². The Balaban J connectivity index is 1.65. The van der Waals surface area contributed by atoms with Gasteiger partial charge in [-0.2, -0.15) is 0 Å². The molecule has 0 radical (unpaired) electrons. The van der Waals surface area contributed by atoms with Crippen molar-refractivity contribution in [2.45, 2.75) is 25.4 Å². The Hall–Kier alpha value is -3.13. The number of carbonyl (C=O) groups excluding carboxylic acids is 1.